The van der Waals surface area contributed by atoms with Crippen molar-refractivity contribution in [3.05, 3.63) is 113 Å². The Bertz CT molecular complexity index is 1350. The van der Waals surface area contributed by atoms with Gasteiger partial charge in [-0.05, 0) is 40.5 Å². The summed E-state index contributed by atoms with van der Waals surface area (Å²) in [5.41, 5.74) is 10.7. The van der Waals surface area contributed by atoms with Crippen LogP contribution in [-0.2, 0) is 12.0 Å². The first kappa shape index (κ1) is 17.3. The first-order valence-corrected chi connectivity index (χ1v) is 10.4. The van der Waals surface area contributed by atoms with Gasteiger partial charge in [-0.1, -0.05) is 68.4 Å². The molecule has 1 aliphatic carbocycles. The predicted octanol–water partition coefficient (Wildman–Crippen LogP) is 5.54. The summed E-state index contributed by atoms with van der Waals surface area (Å²) in [6.45, 7) is 5.43. The van der Waals surface area contributed by atoms with Gasteiger partial charge >= 0.3 is 0 Å². The fraction of sp³-hybridized carbons (Fsp3) is 0.143. The third-order valence-corrected chi connectivity index (χ3v) is 6.75. The zero-order valence-corrected chi connectivity index (χ0v) is 17.1. The van der Waals surface area contributed by atoms with Crippen molar-refractivity contribution in [3.63, 3.8) is 0 Å². The van der Waals surface area contributed by atoms with Gasteiger partial charge < -0.3 is 0 Å². The fourth-order valence-electron chi connectivity index (χ4n) is 5.16. The largest absolute Gasteiger partial charge is 0.288 e. The number of carbonyl (C=O) groups excluding carboxylic acids is 1. The molecule has 4 aromatic rings. The van der Waals surface area contributed by atoms with Crippen LogP contribution in [0.2, 0.25) is 0 Å². The Morgan fingerprint density at radius 2 is 1.53 bits per heavy atom. The van der Waals surface area contributed by atoms with Crippen molar-refractivity contribution >= 4 is 5.78 Å². The van der Waals surface area contributed by atoms with Crippen molar-refractivity contribution < 1.29 is 9.36 Å². The van der Waals surface area contributed by atoms with Gasteiger partial charge in [-0.25, -0.2) is 0 Å². The molecule has 0 amide bonds. The summed E-state index contributed by atoms with van der Waals surface area (Å²) in [4.78, 5) is 12.9. The van der Waals surface area contributed by atoms with Gasteiger partial charge in [0.05, 0.1) is 11.1 Å². The van der Waals surface area contributed by atoms with Crippen molar-refractivity contribution in [3.8, 4) is 22.4 Å². The Hall–Kier alpha value is -3.52. The van der Waals surface area contributed by atoms with E-state index in [4.69, 9.17) is 0 Å². The highest BCUT2D eigenvalue weighted by atomic mass is 16.1. The summed E-state index contributed by atoms with van der Waals surface area (Å²) in [5.74, 6) is 0.0689. The van der Waals surface area contributed by atoms with E-state index in [9.17, 15) is 4.79 Å². The van der Waals surface area contributed by atoms with Crippen LogP contribution < -0.4 is 4.57 Å². The molecule has 0 bridgehead atoms. The minimum atomic E-state index is -0.00239. The van der Waals surface area contributed by atoms with E-state index in [2.05, 4.69) is 60.9 Å². The van der Waals surface area contributed by atoms with Crippen LogP contribution in [0.15, 0.2) is 85.1 Å². The molecule has 144 valence electrons. The number of ketones is 1. The lowest BCUT2D eigenvalue weighted by Crippen LogP contribution is -2.33. The second-order valence-electron chi connectivity index (χ2n) is 8.85. The quantitative estimate of drug-likeness (QED) is 0.287. The van der Waals surface area contributed by atoms with Gasteiger partial charge in [-0.3, -0.25) is 4.79 Å². The Morgan fingerprint density at radius 1 is 0.767 bits per heavy atom. The molecule has 0 N–H and O–H groups in total. The lowest BCUT2D eigenvalue weighted by atomic mass is 9.81. The van der Waals surface area contributed by atoms with Crippen LogP contribution in [-0.4, -0.2) is 5.78 Å². The smallest absolute Gasteiger partial charge is 0.213 e. The summed E-state index contributed by atoms with van der Waals surface area (Å²) < 4.78 is 2.22. The number of aromatic nitrogens is 1. The third-order valence-electron chi connectivity index (χ3n) is 6.75. The van der Waals surface area contributed by atoms with Crippen LogP contribution in [0.25, 0.3) is 22.4 Å². The van der Waals surface area contributed by atoms with E-state index in [1.165, 1.54) is 39.1 Å². The molecular weight excluding hydrogens is 366 g/mol. The van der Waals surface area contributed by atoms with Crippen molar-refractivity contribution in [1.29, 1.82) is 0 Å². The van der Waals surface area contributed by atoms with E-state index in [0.29, 0.717) is 0 Å². The molecule has 0 fully saturated rings. The summed E-state index contributed by atoms with van der Waals surface area (Å²) >= 11 is 0. The number of carbonyl (C=O) groups is 1. The van der Waals surface area contributed by atoms with Gasteiger partial charge in [0.15, 0.2) is 18.5 Å². The molecule has 1 aromatic heterocycles. The Morgan fingerprint density at radius 3 is 2.37 bits per heavy atom. The van der Waals surface area contributed by atoms with Gasteiger partial charge in [0, 0.05) is 22.6 Å². The summed E-state index contributed by atoms with van der Waals surface area (Å²) in [5, 5.41) is 0. The Kier molecular flexibility index (Phi) is 3.47. The van der Waals surface area contributed by atoms with E-state index < -0.39 is 0 Å². The van der Waals surface area contributed by atoms with Crippen LogP contribution in [0.4, 0.5) is 0 Å². The minimum Gasteiger partial charge on any atom is -0.288 e. The van der Waals surface area contributed by atoms with Crippen molar-refractivity contribution in [2.24, 2.45) is 0 Å². The fourth-order valence-corrected chi connectivity index (χ4v) is 5.16. The number of rotatable bonds is 2. The van der Waals surface area contributed by atoms with E-state index >= 15 is 0 Å². The van der Waals surface area contributed by atoms with Gasteiger partial charge in [0.2, 0.25) is 5.69 Å². The monoisotopic (exact) mass is 388 g/mol. The summed E-state index contributed by atoms with van der Waals surface area (Å²) in [6, 6.07) is 27.1. The molecule has 0 radical (unpaired) electrons. The van der Waals surface area contributed by atoms with E-state index in [-0.39, 0.29) is 11.2 Å². The zero-order valence-electron chi connectivity index (χ0n) is 17.1. The van der Waals surface area contributed by atoms with Crippen molar-refractivity contribution in [1.82, 2.24) is 0 Å². The molecule has 0 unspecified atom stereocenters. The highest BCUT2D eigenvalue weighted by molar-refractivity contribution is 6.08. The molecule has 30 heavy (non-hydrogen) atoms. The van der Waals surface area contributed by atoms with Crippen molar-refractivity contribution in [2.75, 3.05) is 0 Å². The number of hydrogen-bond donors (Lipinski definition) is 0. The molecule has 2 heterocycles. The van der Waals surface area contributed by atoms with E-state index in [1.807, 2.05) is 42.6 Å². The van der Waals surface area contributed by atoms with Gasteiger partial charge in [0.1, 0.15) is 0 Å². The molecule has 3 aromatic carbocycles. The lowest BCUT2D eigenvalue weighted by molar-refractivity contribution is -0.672. The number of fused-ring (bicyclic) bond motifs is 6. The summed E-state index contributed by atoms with van der Waals surface area (Å²) in [7, 11) is 0. The molecule has 2 aliphatic rings. The lowest BCUT2D eigenvalue weighted by Gasteiger charge is -2.21. The second-order valence-corrected chi connectivity index (χ2v) is 8.85. The average Bonchev–Trinajstić information content (AvgIpc) is 3.24. The number of nitrogens with zero attached hydrogens (tertiary/aromatic N) is 1. The Labute approximate surface area is 176 Å². The van der Waals surface area contributed by atoms with Crippen LogP contribution in [0.1, 0.15) is 46.5 Å². The van der Waals surface area contributed by atoms with Gasteiger partial charge in [-0.2, -0.15) is 4.57 Å². The first-order valence-electron chi connectivity index (χ1n) is 10.4. The van der Waals surface area contributed by atoms with Crippen LogP contribution in [0.3, 0.4) is 0 Å². The normalized spacial score (nSPS) is 14.6. The molecule has 0 atom stereocenters. The minimum absolute atomic E-state index is 0.00239. The Balaban J connectivity index is 1.45. The number of benzene rings is 3. The molecule has 1 aliphatic heterocycles. The molecular formula is C28H22NO+. The van der Waals surface area contributed by atoms with Crippen LogP contribution in [0.5, 0.6) is 0 Å². The highest BCUT2D eigenvalue weighted by Gasteiger charge is 2.38. The van der Waals surface area contributed by atoms with Crippen LogP contribution >= 0.6 is 0 Å². The van der Waals surface area contributed by atoms with Gasteiger partial charge in [-0.15, -0.1) is 0 Å². The second kappa shape index (κ2) is 5.99. The maximum Gasteiger partial charge on any atom is 0.213 e. The highest BCUT2D eigenvalue weighted by Crippen LogP contribution is 2.50. The zero-order chi connectivity index (χ0) is 20.5. The molecule has 0 saturated heterocycles. The van der Waals surface area contributed by atoms with E-state index in [1.54, 1.807) is 0 Å². The van der Waals surface area contributed by atoms with E-state index in [0.717, 1.165) is 17.7 Å². The topological polar surface area (TPSA) is 20.9 Å². The molecule has 0 spiro atoms. The summed E-state index contributed by atoms with van der Waals surface area (Å²) in [6.07, 6.45) is 2.01. The van der Waals surface area contributed by atoms with Crippen LogP contribution in [0, 0.1) is 0 Å². The van der Waals surface area contributed by atoms with Gasteiger partial charge in [0.25, 0.3) is 0 Å². The number of pyridine rings is 1. The predicted molar refractivity (Wildman–Crippen MR) is 119 cm³/mol. The first-order chi connectivity index (χ1) is 14.5. The standard InChI is InChI=1S/C28H22NO/c1-28(2)24-11-7-6-10-21(24)23-14-20-17-29-16-19(27(30)18-8-4-3-5-9-18)12-13-26(29)22(20)15-25(23)28/h3-16H,17H2,1-2H3/q+1. The SMILES string of the molecule is CC1(C)c2ccccc2-c2cc3c(cc21)-c1ccc(C(=O)c2ccccc2)c[n+]1C3. The molecule has 6 rings (SSSR count). The molecule has 2 nitrogen and oxygen atoms in total. The number of hydrogen-bond acceptors (Lipinski definition) is 1. The molecule has 0 saturated carbocycles. The average molecular weight is 388 g/mol. The maximum absolute atomic E-state index is 12.9. The molecule has 2 heteroatoms. The van der Waals surface area contributed by atoms with Crippen molar-refractivity contribution in [2.45, 2.75) is 25.8 Å². The maximum atomic E-state index is 12.9. The third kappa shape index (κ3) is 2.31.